The lowest BCUT2D eigenvalue weighted by Gasteiger charge is -2.23. The second-order valence-electron chi connectivity index (χ2n) is 5.39. The molecule has 1 saturated carbocycles. The number of benzene rings is 1. The smallest absolute Gasteiger partial charge is 0.223 e. The molecule has 0 aliphatic heterocycles. The van der Waals surface area contributed by atoms with Gasteiger partial charge in [0.25, 0.3) is 0 Å². The van der Waals surface area contributed by atoms with E-state index in [1.54, 1.807) is 0 Å². The molecule has 1 aliphatic rings. The summed E-state index contributed by atoms with van der Waals surface area (Å²) in [5, 5.41) is 6.91. The molecule has 4 nitrogen and oxygen atoms in total. The number of amides is 1. The van der Waals surface area contributed by atoms with Crippen molar-refractivity contribution in [1.29, 1.82) is 0 Å². The van der Waals surface area contributed by atoms with Crippen LogP contribution >= 0.6 is 0 Å². The Bertz CT molecular complexity index is 597. The van der Waals surface area contributed by atoms with E-state index < -0.39 is 0 Å². The van der Waals surface area contributed by atoms with Crippen molar-refractivity contribution in [3.05, 3.63) is 41.6 Å². The molecule has 104 valence electrons. The van der Waals surface area contributed by atoms with Gasteiger partial charge in [0, 0.05) is 17.5 Å². The molecule has 0 atom stereocenters. The molecule has 1 aromatic carbocycles. The summed E-state index contributed by atoms with van der Waals surface area (Å²) in [7, 11) is 0. The Balaban J connectivity index is 1.61. The van der Waals surface area contributed by atoms with Gasteiger partial charge in [-0.2, -0.15) is 0 Å². The molecule has 1 fully saturated rings. The highest BCUT2D eigenvalue weighted by Gasteiger charge is 2.24. The number of aromatic nitrogens is 1. The van der Waals surface area contributed by atoms with Gasteiger partial charge in [0.1, 0.15) is 5.69 Å². The molecule has 20 heavy (non-hydrogen) atoms. The second-order valence-corrected chi connectivity index (χ2v) is 5.39. The molecule has 3 rings (SSSR count). The average Bonchev–Trinajstić information content (AvgIpc) is 2.84. The first kappa shape index (κ1) is 12.9. The molecule has 0 radical (unpaired) electrons. The highest BCUT2D eigenvalue weighted by atomic mass is 16.5. The van der Waals surface area contributed by atoms with Crippen molar-refractivity contribution >= 4 is 5.91 Å². The monoisotopic (exact) mass is 270 g/mol. The number of rotatable bonds is 4. The molecule has 1 N–H and O–H groups in total. The molecule has 4 heteroatoms. The number of carbonyl (C=O) groups excluding carboxylic acids is 1. The molecular formula is C16H18N2O2. The molecule has 0 bridgehead atoms. The Morgan fingerprint density at radius 2 is 2.10 bits per heavy atom. The van der Waals surface area contributed by atoms with Crippen molar-refractivity contribution in [1.82, 2.24) is 10.5 Å². The number of carbonyl (C=O) groups is 1. The molecule has 0 saturated heterocycles. The van der Waals surface area contributed by atoms with Gasteiger partial charge in [-0.3, -0.25) is 4.79 Å². The van der Waals surface area contributed by atoms with Crippen LogP contribution in [0, 0.1) is 12.8 Å². The fourth-order valence-corrected chi connectivity index (χ4v) is 2.24. The van der Waals surface area contributed by atoms with Crippen LogP contribution in [0.3, 0.4) is 0 Å². The van der Waals surface area contributed by atoms with Gasteiger partial charge in [-0.05, 0) is 19.8 Å². The van der Waals surface area contributed by atoms with Gasteiger partial charge in [0.05, 0.1) is 6.54 Å². The van der Waals surface area contributed by atoms with Crippen molar-refractivity contribution in [2.75, 3.05) is 0 Å². The topological polar surface area (TPSA) is 55.1 Å². The molecule has 0 unspecified atom stereocenters. The lowest BCUT2D eigenvalue weighted by atomic mass is 9.85. The summed E-state index contributed by atoms with van der Waals surface area (Å²) >= 11 is 0. The van der Waals surface area contributed by atoms with E-state index in [0.717, 1.165) is 29.9 Å². The summed E-state index contributed by atoms with van der Waals surface area (Å²) < 4.78 is 5.32. The largest absolute Gasteiger partial charge is 0.356 e. The lowest BCUT2D eigenvalue weighted by molar-refractivity contribution is -0.127. The fraction of sp³-hybridized carbons (Fsp3) is 0.375. The Kier molecular flexibility index (Phi) is 3.54. The van der Waals surface area contributed by atoms with Crippen molar-refractivity contribution < 1.29 is 9.32 Å². The normalized spacial score (nSPS) is 14.8. The minimum Gasteiger partial charge on any atom is -0.356 e. The van der Waals surface area contributed by atoms with Crippen LogP contribution in [0.2, 0.25) is 0 Å². The molecule has 1 amide bonds. The quantitative estimate of drug-likeness (QED) is 0.929. The van der Waals surface area contributed by atoms with Gasteiger partial charge < -0.3 is 9.84 Å². The van der Waals surface area contributed by atoms with Crippen LogP contribution in [0.15, 0.2) is 34.9 Å². The standard InChI is InChI=1S/C16H18N2O2/c1-11-5-7-12(8-6-11)15-9-14(18-20-15)10-17-16(19)13-3-2-4-13/h5-9,13H,2-4,10H2,1H3,(H,17,19). The third-order valence-electron chi connectivity index (χ3n) is 3.81. The minimum atomic E-state index is 0.135. The third-order valence-corrected chi connectivity index (χ3v) is 3.81. The van der Waals surface area contributed by atoms with E-state index in [1.165, 1.54) is 12.0 Å². The zero-order valence-corrected chi connectivity index (χ0v) is 11.6. The molecular weight excluding hydrogens is 252 g/mol. The summed E-state index contributed by atoms with van der Waals surface area (Å²) in [5.41, 5.74) is 2.97. The van der Waals surface area contributed by atoms with E-state index in [-0.39, 0.29) is 11.8 Å². The first-order valence-corrected chi connectivity index (χ1v) is 7.03. The van der Waals surface area contributed by atoms with Crippen LogP contribution in [0.4, 0.5) is 0 Å². The maximum absolute atomic E-state index is 11.7. The summed E-state index contributed by atoms with van der Waals surface area (Å²) in [5.74, 6) is 1.08. The predicted molar refractivity (Wildman–Crippen MR) is 75.9 cm³/mol. The number of aryl methyl sites for hydroxylation is 1. The minimum absolute atomic E-state index is 0.135. The van der Waals surface area contributed by atoms with E-state index >= 15 is 0 Å². The first-order valence-electron chi connectivity index (χ1n) is 7.03. The van der Waals surface area contributed by atoms with Crippen LogP contribution in [0.25, 0.3) is 11.3 Å². The fourth-order valence-electron chi connectivity index (χ4n) is 2.24. The zero-order valence-electron chi connectivity index (χ0n) is 11.6. The molecule has 0 spiro atoms. The van der Waals surface area contributed by atoms with Crippen LogP contribution in [-0.4, -0.2) is 11.1 Å². The highest BCUT2D eigenvalue weighted by Crippen LogP contribution is 2.26. The molecule has 1 heterocycles. The summed E-state index contributed by atoms with van der Waals surface area (Å²) in [4.78, 5) is 11.7. The number of hydrogen-bond acceptors (Lipinski definition) is 3. The van der Waals surface area contributed by atoms with Gasteiger partial charge in [-0.1, -0.05) is 41.4 Å². The maximum atomic E-state index is 11.7. The van der Waals surface area contributed by atoms with E-state index in [9.17, 15) is 4.79 Å². The third kappa shape index (κ3) is 2.74. The number of nitrogens with one attached hydrogen (secondary N) is 1. The SMILES string of the molecule is Cc1ccc(-c2cc(CNC(=O)C3CCC3)no2)cc1. The lowest BCUT2D eigenvalue weighted by Crippen LogP contribution is -2.34. The summed E-state index contributed by atoms with van der Waals surface area (Å²) in [6.45, 7) is 2.48. The van der Waals surface area contributed by atoms with Crippen molar-refractivity contribution in [3.63, 3.8) is 0 Å². The average molecular weight is 270 g/mol. The molecule has 1 aliphatic carbocycles. The van der Waals surface area contributed by atoms with Crippen LogP contribution in [0.5, 0.6) is 0 Å². The van der Waals surface area contributed by atoms with Crippen LogP contribution in [0.1, 0.15) is 30.5 Å². The van der Waals surface area contributed by atoms with Gasteiger partial charge in [-0.25, -0.2) is 0 Å². The van der Waals surface area contributed by atoms with Crippen molar-refractivity contribution in [3.8, 4) is 11.3 Å². The van der Waals surface area contributed by atoms with Crippen molar-refractivity contribution in [2.45, 2.75) is 32.7 Å². The summed E-state index contributed by atoms with van der Waals surface area (Å²) in [6.07, 6.45) is 3.19. The first-order chi connectivity index (χ1) is 9.72. The Morgan fingerprint density at radius 3 is 2.75 bits per heavy atom. The van der Waals surface area contributed by atoms with E-state index in [4.69, 9.17) is 4.52 Å². The van der Waals surface area contributed by atoms with E-state index in [0.29, 0.717) is 6.54 Å². The number of nitrogens with zero attached hydrogens (tertiary/aromatic N) is 1. The Morgan fingerprint density at radius 1 is 1.35 bits per heavy atom. The van der Waals surface area contributed by atoms with Gasteiger partial charge in [-0.15, -0.1) is 0 Å². The number of hydrogen-bond donors (Lipinski definition) is 1. The van der Waals surface area contributed by atoms with Gasteiger partial charge >= 0.3 is 0 Å². The second kappa shape index (κ2) is 5.49. The molecule has 2 aromatic rings. The van der Waals surface area contributed by atoms with Gasteiger partial charge in [0.2, 0.25) is 5.91 Å². The van der Waals surface area contributed by atoms with E-state index in [2.05, 4.69) is 10.5 Å². The van der Waals surface area contributed by atoms with Crippen molar-refractivity contribution in [2.24, 2.45) is 5.92 Å². The van der Waals surface area contributed by atoms with Gasteiger partial charge in [0.15, 0.2) is 5.76 Å². The maximum Gasteiger partial charge on any atom is 0.223 e. The zero-order chi connectivity index (χ0) is 13.9. The summed E-state index contributed by atoms with van der Waals surface area (Å²) in [6, 6.07) is 9.97. The Labute approximate surface area is 118 Å². The highest BCUT2D eigenvalue weighted by molar-refractivity contribution is 5.79. The van der Waals surface area contributed by atoms with E-state index in [1.807, 2.05) is 37.3 Å². The molecule has 1 aromatic heterocycles. The Hall–Kier alpha value is -2.10. The van der Waals surface area contributed by atoms with Crippen LogP contribution in [-0.2, 0) is 11.3 Å². The van der Waals surface area contributed by atoms with Crippen LogP contribution < -0.4 is 5.32 Å². The predicted octanol–water partition coefficient (Wildman–Crippen LogP) is 3.07.